The summed E-state index contributed by atoms with van der Waals surface area (Å²) >= 11 is 0. The highest BCUT2D eigenvalue weighted by atomic mass is 16.5. The second-order valence-electron chi connectivity index (χ2n) is 7.77. The van der Waals surface area contributed by atoms with E-state index in [0.29, 0.717) is 19.2 Å². The molecule has 1 N–H and O–H groups in total. The average molecular weight is 310 g/mol. The van der Waals surface area contributed by atoms with Crippen molar-refractivity contribution in [1.82, 2.24) is 9.80 Å². The Morgan fingerprint density at radius 2 is 2.05 bits per heavy atom. The summed E-state index contributed by atoms with van der Waals surface area (Å²) in [5.74, 6) is 0.339. The largest absolute Gasteiger partial charge is 0.481 e. The third-order valence-electron chi connectivity index (χ3n) is 6.06. The first-order chi connectivity index (χ1) is 10.5. The van der Waals surface area contributed by atoms with Crippen LogP contribution in [0.5, 0.6) is 0 Å². The highest BCUT2D eigenvalue weighted by Crippen LogP contribution is 2.42. The van der Waals surface area contributed by atoms with Crippen LogP contribution in [0.15, 0.2) is 0 Å². The number of hydrogen-bond acceptors (Lipinski definition) is 4. The molecule has 3 heterocycles. The Hall–Kier alpha value is -0.650. The number of carbonyl (C=O) groups is 1. The number of aliphatic carboxylic acids is 1. The Kier molecular flexibility index (Phi) is 4.76. The molecule has 0 aromatic heterocycles. The molecule has 0 bridgehead atoms. The summed E-state index contributed by atoms with van der Waals surface area (Å²) in [6.45, 7) is 10.7. The van der Waals surface area contributed by atoms with Gasteiger partial charge in [-0.3, -0.25) is 4.79 Å². The number of hydrogen-bond donors (Lipinski definition) is 1. The third-order valence-corrected chi connectivity index (χ3v) is 6.06. The molecule has 3 fully saturated rings. The zero-order valence-corrected chi connectivity index (χ0v) is 14.0. The number of carboxylic acids is 1. The Labute approximate surface area is 133 Å². The fraction of sp³-hybridized carbons (Fsp3) is 0.941. The maximum atomic E-state index is 11.8. The number of likely N-dealkylation sites (tertiary alicyclic amines) is 2. The number of piperidine rings is 1. The molecule has 5 nitrogen and oxygen atoms in total. The van der Waals surface area contributed by atoms with E-state index in [9.17, 15) is 9.90 Å². The van der Waals surface area contributed by atoms with E-state index >= 15 is 0 Å². The van der Waals surface area contributed by atoms with Gasteiger partial charge in [0.2, 0.25) is 0 Å². The molecule has 0 spiro atoms. The molecule has 126 valence electrons. The Morgan fingerprint density at radius 1 is 1.32 bits per heavy atom. The van der Waals surface area contributed by atoms with Gasteiger partial charge in [-0.1, -0.05) is 0 Å². The van der Waals surface area contributed by atoms with Crippen LogP contribution in [0, 0.1) is 17.3 Å². The molecule has 3 saturated heterocycles. The molecule has 22 heavy (non-hydrogen) atoms. The van der Waals surface area contributed by atoms with Gasteiger partial charge in [-0.15, -0.1) is 0 Å². The summed E-state index contributed by atoms with van der Waals surface area (Å²) in [5.41, 5.74) is -0.642. The minimum absolute atomic E-state index is 0.273. The molecule has 0 saturated carbocycles. The molecule has 0 radical (unpaired) electrons. The second-order valence-corrected chi connectivity index (χ2v) is 7.77. The monoisotopic (exact) mass is 310 g/mol. The Bertz CT molecular complexity index is 407. The SMILES string of the molecule is CC(C)N1CCC(CN2C[C@@H]3CCOC[C@]3(C(=O)O)C2)CC1. The molecule has 0 unspecified atom stereocenters. The molecule has 3 aliphatic rings. The van der Waals surface area contributed by atoms with Crippen LogP contribution in [0.1, 0.15) is 33.1 Å². The molecule has 0 amide bonds. The number of ether oxygens (including phenoxy) is 1. The van der Waals surface area contributed by atoms with E-state index in [0.717, 1.165) is 32.0 Å². The van der Waals surface area contributed by atoms with Crippen molar-refractivity contribution in [2.45, 2.75) is 39.2 Å². The lowest BCUT2D eigenvalue weighted by molar-refractivity contribution is -0.159. The van der Waals surface area contributed by atoms with Crippen molar-refractivity contribution in [1.29, 1.82) is 0 Å². The number of carboxylic acid groups (broad SMARTS) is 1. The number of rotatable bonds is 4. The van der Waals surface area contributed by atoms with E-state index in [4.69, 9.17) is 4.74 Å². The maximum Gasteiger partial charge on any atom is 0.313 e. The lowest BCUT2D eigenvalue weighted by atomic mass is 9.76. The van der Waals surface area contributed by atoms with E-state index in [1.807, 2.05) is 0 Å². The van der Waals surface area contributed by atoms with Crippen molar-refractivity contribution in [3.63, 3.8) is 0 Å². The summed E-state index contributed by atoms with van der Waals surface area (Å²) in [6, 6.07) is 0.642. The normalized spacial score (nSPS) is 35.0. The molecule has 3 rings (SSSR count). The number of nitrogens with zero attached hydrogens (tertiary/aromatic N) is 2. The van der Waals surface area contributed by atoms with Crippen LogP contribution in [0.3, 0.4) is 0 Å². The Balaban J connectivity index is 1.55. The first kappa shape index (κ1) is 16.2. The third kappa shape index (κ3) is 3.03. The highest BCUT2D eigenvalue weighted by Gasteiger charge is 2.54. The van der Waals surface area contributed by atoms with Gasteiger partial charge in [0.15, 0.2) is 0 Å². The van der Waals surface area contributed by atoms with Gasteiger partial charge in [-0.2, -0.15) is 0 Å². The van der Waals surface area contributed by atoms with Gasteiger partial charge in [-0.05, 0) is 58.0 Å². The van der Waals surface area contributed by atoms with Gasteiger partial charge >= 0.3 is 5.97 Å². The summed E-state index contributed by atoms with van der Waals surface area (Å²) in [4.78, 5) is 16.8. The molecule has 0 aliphatic carbocycles. The molecule has 0 aromatic rings. The fourth-order valence-electron chi connectivity index (χ4n) is 4.55. The van der Waals surface area contributed by atoms with E-state index in [-0.39, 0.29) is 5.92 Å². The lowest BCUT2D eigenvalue weighted by Gasteiger charge is -2.36. The van der Waals surface area contributed by atoms with Gasteiger partial charge in [0.1, 0.15) is 5.41 Å². The van der Waals surface area contributed by atoms with Crippen molar-refractivity contribution < 1.29 is 14.6 Å². The van der Waals surface area contributed by atoms with Crippen molar-refractivity contribution in [2.24, 2.45) is 17.3 Å². The summed E-state index contributed by atoms with van der Waals surface area (Å²) in [7, 11) is 0. The van der Waals surface area contributed by atoms with Gasteiger partial charge < -0.3 is 19.6 Å². The average Bonchev–Trinajstić information content (AvgIpc) is 2.87. The highest BCUT2D eigenvalue weighted by molar-refractivity contribution is 5.76. The minimum atomic E-state index is -0.658. The van der Waals surface area contributed by atoms with Crippen molar-refractivity contribution in [3.05, 3.63) is 0 Å². The van der Waals surface area contributed by atoms with E-state index in [1.54, 1.807) is 0 Å². The predicted octanol–water partition coefficient (Wildman–Crippen LogP) is 1.53. The standard InChI is InChI=1S/C17H30N2O3/c1-13(2)19-6-3-14(4-7-19)9-18-10-15-5-8-22-12-17(15,11-18)16(20)21/h13-15H,3-12H2,1-2H3,(H,20,21)/t15-,17+/m0/s1. The van der Waals surface area contributed by atoms with Crippen LogP contribution in [-0.2, 0) is 9.53 Å². The molecular formula is C17H30N2O3. The van der Waals surface area contributed by atoms with Crippen molar-refractivity contribution in [2.75, 3.05) is 45.9 Å². The van der Waals surface area contributed by atoms with Crippen molar-refractivity contribution >= 4 is 5.97 Å². The molecule has 3 aliphatic heterocycles. The zero-order valence-electron chi connectivity index (χ0n) is 14.0. The summed E-state index contributed by atoms with van der Waals surface area (Å²) in [5, 5.41) is 9.71. The van der Waals surface area contributed by atoms with E-state index in [1.165, 1.54) is 25.9 Å². The van der Waals surface area contributed by atoms with Crippen LogP contribution < -0.4 is 0 Å². The van der Waals surface area contributed by atoms with Crippen LogP contribution in [0.4, 0.5) is 0 Å². The van der Waals surface area contributed by atoms with Gasteiger partial charge in [0.05, 0.1) is 6.61 Å². The predicted molar refractivity (Wildman–Crippen MR) is 84.9 cm³/mol. The first-order valence-corrected chi connectivity index (χ1v) is 8.79. The second kappa shape index (κ2) is 6.46. The zero-order chi connectivity index (χ0) is 15.7. The molecule has 2 atom stereocenters. The summed E-state index contributed by atoms with van der Waals surface area (Å²) < 4.78 is 5.51. The van der Waals surface area contributed by atoms with Gasteiger partial charge in [-0.25, -0.2) is 0 Å². The first-order valence-electron chi connectivity index (χ1n) is 8.79. The van der Waals surface area contributed by atoms with Crippen LogP contribution in [0.25, 0.3) is 0 Å². The van der Waals surface area contributed by atoms with Crippen molar-refractivity contribution in [3.8, 4) is 0 Å². The fourth-order valence-corrected chi connectivity index (χ4v) is 4.55. The quantitative estimate of drug-likeness (QED) is 0.853. The number of fused-ring (bicyclic) bond motifs is 1. The smallest absolute Gasteiger partial charge is 0.313 e. The van der Waals surface area contributed by atoms with Crippen LogP contribution in [-0.4, -0.2) is 72.9 Å². The van der Waals surface area contributed by atoms with Crippen LogP contribution in [0.2, 0.25) is 0 Å². The van der Waals surface area contributed by atoms with E-state index in [2.05, 4.69) is 23.6 Å². The van der Waals surface area contributed by atoms with Crippen LogP contribution >= 0.6 is 0 Å². The van der Waals surface area contributed by atoms with Gasteiger partial charge in [0, 0.05) is 32.3 Å². The van der Waals surface area contributed by atoms with Gasteiger partial charge in [0.25, 0.3) is 0 Å². The van der Waals surface area contributed by atoms with E-state index < -0.39 is 11.4 Å². The lowest BCUT2D eigenvalue weighted by Crippen LogP contribution is -2.46. The topological polar surface area (TPSA) is 53.0 Å². The molecule has 0 aromatic carbocycles. The molecular weight excluding hydrogens is 280 g/mol. The summed E-state index contributed by atoms with van der Waals surface area (Å²) in [6.07, 6.45) is 3.39. The maximum absolute atomic E-state index is 11.8. The Morgan fingerprint density at radius 3 is 2.64 bits per heavy atom. The molecule has 5 heteroatoms. The minimum Gasteiger partial charge on any atom is -0.481 e.